The van der Waals surface area contributed by atoms with Gasteiger partial charge in [-0.1, -0.05) is 30.3 Å². The predicted octanol–water partition coefficient (Wildman–Crippen LogP) is 1.46. The molecule has 22 heavy (non-hydrogen) atoms. The second kappa shape index (κ2) is 6.58. The normalized spacial score (nSPS) is 24.9. The van der Waals surface area contributed by atoms with Gasteiger partial charge in [-0.3, -0.25) is 9.59 Å². The third-order valence-corrected chi connectivity index (χ3v) is 5.14. The lowest BCUT2D eigenvalue weighted by Crippen LogP contribution is -2.46. The average molecular weight is 325 g/mol. The van der Waals surface area contributed by atoms with Gasteiger partial charge >= 0.3 is 11.9 Å². The quantitative estimate of drug-likeness (QED) is 0.754. The number of rotatable bonds is 8. The summed E-state index contributed by atoms with van der Waals surface area (Å²) in [6.07, 6.45) is 2.02. The molecule has 2 N–H and O–H groups in total. The van der Waals surface area contributed by atoms with Gasteiger partial charge in [-0.05, 0) is 18.4 Å². The molecule has 0 bridgehead atoms. The molecule has 0 spiro atoms. The summed E-state index contributed by atoms with van der Waals surface area (Å²) in [7, 11) is -1.48. The van der Waals surface area contributed by atoms with E-state index >= 15 is 0 Å². The van der Waals surface area contributed by atoms with E-state index in [0.29, 0.717) is 6.42 Å². The van der Waals surface area contributed by atoms with Crippen molar-refractivity contribution in [3.05, 3.63) is 35.9 Å². The van der Waals surface area contributed by atoms with Gasteiger partial charge in [-0.15, -0.1) is 0 Å². The van der Waals surface area contributed by atoms with Gasteiger partial charge in [0.25, 0.3) is 0 Å². The highest BCUT2D eigenvalue weighted by Crippen LogP contribution is 2.56. The first-order valence-corrected chi connectivity index (χ1v) is 8.52. The molecule has 0 heterocycles. The first-order chi connectivity index (χ1) is 10.4. The number of carbonyl (C=O) groups is 2. The van der Waals surface area contributed by atoms with Gasteiger partial charge in [0.2, 0.25) is 0 Å². The highest BCUT2D eigenvalue weighted by atomic mass is 32.2. The van der Waals surface area contributed by atoms with E-state index in [4.69, 9.17) is 5.11 Å². The molecule has 1 aromatic carbocycles. The molecular weight excluding hydrogens is 306 g/mol. The molecule has 7 heteroatoms. The van der Waals surface area contributed by atoms with Gasteiger partial charge in [0.1, 0.15) is 5.54 Å². The minimum absolute atomic E-state index is 0.0700. The smallest absolute Gasteiger partial charge is 0.325 e. The van der Waals surface area contributed by atoms with Crippen LogP contribution in [0.4, 0.5) is 0 Å². The van der Waals surface area contributed by atoms with Gasteiger partial charge in [0.05, 0.1) is 11.0 Å². The van der Waals surface area contributed by atoms with Gasteiger partial charge in [-0.25, -0.2) is 8.51 Å². The molecule has 1 aromatic rings. The van der Waals surface area contributed by atoms with Crippen molar-refractivity contribution >= 4 is 22.9 Å². The average Bonchev–Trinajstić information content (AvgIpc) is 3.20. The Kier molecular flexibility index (Phi) is 4.97. The summed E-state index contributed by atoms with van der Waals surface area (Å²) >= 11 is 0. The molecule has 1 aliphatic rings. The van der Waals surface area contributed by atoms with Crippen molar-refractivity contribution in [2.24, 2.45) is 0 Å². The Morgan fingerprint density at radius 2 is 1.95 bits per heavy atom. The van der Waals surface area contributed by atoms with Crippen LogP contribution in [0.2, 0.25) is 0 Å². The van der Waals surface area contributed by atoms with Crippen molar-refractivity contribution in [3.8, 4) is 0 Å². The fourth-order valence-corrected chi connectivity index (χ4v) is 4.01. The third-order valence-electron chi connectivity index (χ3n) is 4.01. The van der Waals surface area contributed by atoms with Crippen LogP contribution >= 0.6 is 0 Å². The van der Waals surface area contributed by atoms with Crippen LogP contribution in [-0.4, -0.2) is 49.0 Å². The molecule has 1 saturated carbocycles. The van der Waals surface area contributed by atoms with Crippen LogP contribution in [0.1, 0.15) is 30.7 Å². The molecule has 3 atom stereocenters. The summed E-state index contributed by atoms with van der Waals surface area (Å²) in [4.78, 5) is 22.4. The molecule has 0 aromatic heterocycles. The zero-order valence-corrected chi connectivity index (χ0v) is 13.1. The Bertz CT molecular complexity index is 591. The molecule has 1 fully saturated rings. The lowest BCUT2D eigenvalue weighted by atomic mass is 10.1. The maximum atomic E-state index is 12.0. The lowest BCUT2D eigenvalue weighted by Gasteiger charge is -2.27. The van der Waals surface area contributed by atoms with E-state index in [1.165, 1.54) is 10.6 Å². The maximum absolute atomic E-state index is 12.0. The molecule has 6 nitrogen and oxygen atoms in total. The van der Waals surface area contributed by atoms with E-state index in [1.807, 2.05) is 30.3 Å². The van der Waals surface area contributed by atoms with Crippen LogP contribution in [0.25, 0.3) is 0 Å². The number of carboxylic acid groups (broad SMARTS) is 2. The predicted molar refractivity (Wildman–Crippen MR) is 81.8 cm³/mol. The number of aliphatic carboxylic acids is 2. The third kappa shape index (κ3) is 3.20. The van der Waals surface area contributed by atoms with Crippen molar-refractivity contribution in [1.29, 1.82) is 0 Å². The van der Waals surface area contributed by atoms with E-state index in [9.17, 15) is 18.9 Å². The summed E-state index contributed by atoms with van der Waals surface area (Å²) in [5, 5.41) is 18.4. The largest absolute Gasteiger partial charge is 0.481 e. The maximum Gasteiger partial charge on any atom is 0.325 e. The minimum atomic E-state index is -1.48. The fraction of sp³-hybridized carbons (Fsp3) is 0.467. The SMILES string of the molecule is CS(=O)N(CCCC(=O)O)C1(C(=O)O)CC1c1ccccc1. The highest BCUT2D eigenvalue weighted by Gasteiger charge is 2.65. The molecule has 1 aliphatic carbocycles. The number of hydrogen-bond donors (Lipinski definition) is 2. The van der Waals surface area contributed by atoms with Gasteiger partial charge in [0.15, 0.2) is 0 Å². The van der Waals surface area contributed by atoms with E-state index in [-0.39, 0.29) is 25.3 Å². The first kappa shape index (κ1) is 16.6. The summed E-state index contributed by atoms with van der Waals surface area (Å²) in [6, 6.07) is 9.28. The number of benzene rings is 1. The van der Waals surface area contributed by atoms with E-state index in [2.05, 4.69) is 0 Å². The van der Waals surface area contributed by atoms with E-state index in [0.717, 1.165) is 5.56 Å². The Balaban J connectivity index is 2.21. The first-order valence-electron chi connectivity index (χ1n) is 7.01. The molecule has 0 aliphatic heterocycles. The molecule has 0 amide bonds. The molecule has 3 unspecified atom stereocenters. The fourth-order valence-electron chi connectivity index (χ4n) is 2.88. The van der Waals surface area contributed by atoms with Gasteiger partial charge < -0.3 is 10.2 Å². The summed E-state index contributed by atoms with van der Waals surface area (Å²) in [5.74, 6) is -2.17. The number of carboxylic acids is 2. The van der Waals surface area contributed by atoms with Crippen molar-refractivity contribution in [1.82, 2.24) is 4.31 Å². The van der Waals surface area contributed by atoms with Crippen molar-refractivity contribution < 1.29 is 24.0 Å². The standard InChI is InChI=1S/C15H19NO5S/c1-22(21)16(9-5-8-13(17)18)15(14(19)20)10-12(15)11-6-3-2-4-7-11/h2-4,6-7,12H,5,8-10H2,1H3,(H,17,18)(H,19,20). The Morgan fingerprint density at radius 3 is 2.45 bits per heavy atom. The van der Waals surface area contributed by atoms with Crippen molar-refractivity contribution in [2.45, 2.75) is 30.7 Å². The van der Waals surface area contributed by atoms with Crippen LogP contribution in [0.15, 0.2) is 30.3 Å². The molecular formula is C15H19NO5S. The van der Waals surface area contributed by atoms with Crippen LogP contribution in [0, 0.1) is 0 Å². The molecule has 2 rings (SSSR count). The Labute approximate surface area is 131 Å². The van der Waals surface area contributed by atoms with E-state index < -0.39 is 28.5 Å². The zero-order valence-electron chi connectivity index (χ0n) is 12.3. The zero-order chi connectivity index (χ0) is 16.3. The summed E-state index contributed by atoms with van der Waals surface area (Å²) in [6.45, 7) is 0.186. The van der Waals surface area contributed by atoms with Crippen LogP contribution in [-0.2, 0) is 20.6 Å². The lowest BCUT2D eigenvalue weighted by molar-refractivity contribution is -0.143. The van der Waals surface area contributed by atoms with E-state index in [1.54, 1.807) is 0 Å². The number of nitrogens with zero attached hydrogens (tertiary/aromatic N) is 1. The van der Waals surface area contributed by atoms with Crippen molar-refractivity contribution in [2.75, 3.05) is 12.8 Å². The van der Waals surface area contributed by atoms with Crippen molar-refractivity contribution in [3.63, 3.8) is 0 Å². The number of hydrogen-bond acceptors (Lipinski definition) is 3. The van der Waals surface area contributed by atoms with Crippen LogP contribution in [0.5, 0.6) is 0 Å². The second-order valence-electron chi connectivity index (χ2n) is 5.42. The monoisotopic (exact) mass is 325 g/mol. The Morgan fingerprint density at radius 1 is 1.32 bits per heavy atom. The molecule has 0 radical (unpaired) electrons. The molecule has 120 valence electrons. The summed E-state index contributed by atoms with van der Waals surface area (Å²) < 4.78 is 13.4. The topological polar surface area (TPSA) is 94.9 Å². The van der Waals surface area contributed by atoms with Crippen LogP contribution in [0.3, 0.4) is 0 Å². The minimum Gasteiger partial charge on any atom is -0.481 e. The second-order valence-corrected chi connectivity index (χ2v) is 6.71. The van der Waals surface area contributed by atoms with Crippen LogP contribution < -0.4 is 0 Å². The van der Waals surface area contributed by atoms with Gasteiger partial charge in [-0.2, -0.15) is 0 Å². The Hall–Kier alpha value is -1.73. The highest BCUT2D eigenvalue weighted by molar-refractivity contribution is 7.81. The van der Waals surface area contributed by atoms with Gasteiger partial charge in [0, 0.05) is 25.1 Å². The molecule has 0 saturated heterocycles. The summed E-state index contributed by atoms with van der Waals surface area (Å²) in [5.41, 5.74) is -0.294.